The first-order valence-electron chi connectivity index (χ1n) is 9.86. The Balaban J connectivity index is 3.48. The molecule has 3 heteroatoms. The predicted molar refractivity (Wildman–Crippen MR) is 113 cm³/mol. The molecular formula is C23H37NO2. The quantitative estimate of drug-likeness (QED) is 0.219. The Kier molecular flexibility index (Phi) is 19.7. The number of nitrogens with one attached hydrogen (secondary N) is 1. The molecule has 0 spiro atoms. The van der Waals surface area contributed by atoms with Crippen LogP contribution in [0.1, 0.15) is 58.3 Å². The standard InChI is InChI=1S/C23H37NO2/c1-3-4-5-6-7-8-9-10-11-12-13-14-15-16-17-18-19-20-23(25)26-22-21-24-2/h4-5,7-8,10-11,13-14,16-17,24H,3,6,9,12,15,18-22H2,1-2H3/b5-4-,8-7-,11-10-,14-13-,17-16-. The number of likely N-dealkylation sites (N-methyl/N-ethyl adjacent to an activating group) is 1. The number of ether oxygens (including phenoxy) is 1. The molecule has 0 saturated carbocycles. The van der Waals surface area contributed by atoms with Crippen molar-refractivity contribution in [3.63, 3.8) is 0 Å². The summed E-state index contributed by atoms with van der Waals surface area (Å²) >= 11 is 0. The number of esters is 1. The van der Waals surface area contributed by atoms with E-state index >= 15 is 0 Å². The molecule has 0 bridgehead atoms. The maximum Gasteiger partial charge on any atom is 0.305 e. The molecule has 0 aliphatic rings. The van der Waals surface area contributed by atoms with E-state index < -0.39 is 0 Å². The molecule has 0 amide bonds. The fraction of sp³-hybridized carbons (Fsp3) is 0.522. The van der Waals surface area contributed by atoms with Crippen LogP contribution in [0.15, 0.2) is 60.8 Å². The first kappa shape index (κ1) is 24.1. The zero-order valence-electron chi connectivity index (χ0n) is 16.7. The van der Waals surface area contributed by atoms with Crippen molar-refractivity contribution in [3.05, 3.63) is 60.8 Å². The first-order chi connectivity index (χ1) is 12.8. The molecule has 0 aromatic rings. The minimum atomic E-state index is -0.104. The fourth-order valence-corrected chi connectivity index (χ4v) is 2.07. The second-order valence-corrected chi connectivity index (χ2v) is 5.92. The highest BCUT2D eigenvalue weighted by atomic mass is 16.5. The van der Waals surface area contributed by atoms with Gasteiger partial charge >= 0.3 is 5.97 Å². The Hall–Kier alpha value is -1.87. The highest BCUT2D eigenvalue weighted by molar-refractivity contribution is 5.69. The number of unbranched alkanes of at least 4 members (excludes halogenated alkanes) is 1. The summed E-state index contributed by atoms with van der Waals surface area (Å²) in [6, 6.07) is 0. The van der Waals surface area contributed by atoms with Crippen molar-refractivity contribution in [2.75, 3.05) is 20.2 Å². The van der Waals surface area contributed by atoms with Crippen molar-refractivity contribution >= 4 is 5.97 Å². The lowest BCUT2D eigenvalue weighted by Gasteiger charge is -2.02. The molecule has 0 aliphatic carbocycles. The third kappa shape index (κ3) is 20.2. The van der Waals surface area contributed by atoms with Crippen LogP contribution >= 0.6 is 0 Å². The summed E-state index contributed by atoms with van der Waals surface area (Å²) < 4.78 is 5.06. The maximum atomic E-state index is 11.4. The lowest BCUT2D eigenvalue weighted by atomic mass is 10.2. The van der Waals surface area contributed by atoms with Gasteiger partial charge in [-0.1, -0.05) is 67.7 Å². The zero-order valence-corrected chi connectivity index (χ0v) is 16.7. The molecule has 0 heterocycles. The van der Waals surface area contributed by atoms with Crippen LogP contribution in [-0.4, -0.2) is 26.2 Å². The number of allylic oxidation sites excluding steroid dienone is 10. The number of hydrogen-bond acceptors (Lipinski definition) is 3. The monoisotopic (exact) mass is 359 g/mol. The van der Waals surface area contributed by atoms with Gasteiger partial charge in [0.25, 0.3) is 0 Å². The molecule has 0 aromatic carbocycles. The van der Waals surface area contributed by atoms with Gasteiger partial charge in [0.2, 0.25) is 0 Å². The molecule has 0 radical (unpaired) electrons. The molecule has 0 fully saturated rings. The van der Waals surface area contributed by atoms with Crippen molar-refractivity contribution in [1.82, 2.24) is 5.32 Å². The SMILES string of the molecule is CC/C=C\C/C=C\C/C=C\C/C=C\C/C=C\CCCC(=O)OCCNC. The van der Waals surface area contributed by atoms with Gasteiger partial charge in [-0.05, 0) is 52.0 Å². The van der Waals surface area contributed by atoms with Gasteiger partial charge in [0.15, 0.2) is 0 Å². The molecule has 1 N–H and O–H groups in total. The largest absolute Gasteiger partial charge is 0.464 e. The van der Waals surface area contributed by atoms with Gasteiger partial charge in [0.05, 0.1) is 0 Å². The summed E-state index contributed by atoms with van der Waals surface area (Å²) in [6.45, 7) is 3.32. The van der Waals surface area contributed by atoms with Gasteiger partial charge in [-0.15, -0.1) is 0 Å². The van der Waals surface area contributed by atoms with Crippen molar-refractivity contribution in [3.8, 4) is 0 Å². The first-order valence-corrected chi connectivity index (χ1v) is 9.86. The second-order valence-electron chi connectivity index (χ2n) is 5.92. The molecule has 3 nitrogen and oxygen atoms in total. The summed E-state index contributed by atoms with van der Waals surface area (Å²) in [5.74, 6) is -0.104. The molecule has 0 aliphatic heterocycles. The van der Waals surface area contributed by atoms with Gasteiger partial charge in [0.1, 0.15) is 6.61 Å². The molecule has 26 heavy (non-hydrogen) atoms. The average Bonchev–Trinajstić information content (AvgIpc) is 2.64. The van der Waals surface area contributed by atoms with E-state index in [-0.39, 0.29) is 5.97 Å². The van der Waals surface area contributed by atoms with E-state index in [1.54, 1.807) is 0 Å². The summed E-state index contributed by atoms with van der Waals surface area (Å²) in [5.41, 5.74) is 0. The molecule has 146 valence electrons. The number of rotatable bonds is 16. The van der Waals surface area contributed by atoms with Crippen LogP contribution in [-0.2, 0) is 9.53 Å². The van der Waals surface area contributed by atoms with E-state index in [0.29, 0.717) is 19.6 Å². The minimum absolute atomic E-state index is 0.104. The van der Waals surface area contributed by atoms with Crippen molar-refractivity contribution in [1.29, 1.82) is 0 Å². The molecule has 0 atom stereocenters. The lowest BCUT2D eigenvalue weighted by Crippen LogP contribution is -2.17. The van der Waals surface area contributed by atoms with Crippen molar-refractivity contribution in [2.24, 2.45) is 0 Å². The van der Waals surface area contributed by atoms with Gasteiger partial charge in [-0.3, -0.25) is 4.79 Å². The summed E-state index contributed by atoms with van der Waals surface area (Å²) in [6.07, 6.45) is 29.2. The number of hydrogen-bond donors (Lipinski definition) is 1. The normalized spacial score (nSPS) is 12.5. The smallest absolute Gasteiger partial charge is 0.305 e. The van der Waals surface area contributed by atoms with E-state index in [9.17, 15) is 4.79 Å². The average molecular weight is 360 g/mol. The van der Waals surface area contributed by atoms with Gasteiger partial charge in [-0.25, -0.2) is 0 Å². The number of carbonyl (C=O) groups is 1. The van der Waals surface area contributed by atoms with Crippen LogP contribution < -0.4 is 5.32 Å². The van der Waals surface area contributed by atoms with Crippen LogP contribution in [0.2, 0.25) is 0 Å². The predicted octanol–water partition coefficient (Wildman–Crippen LogP) is 5.67. The van der Waals surface area contributed by atoms with Crippen molar-refractivity contribution in [2.45, 2.75) is 58.3 Å². The topological polar surface area (TPSA) is 38.3 Å². The Bertz CT molecular complexity index is 459. The molecule has 0 aromatic heterocycles. The van der Waals surface area contributed by atoms with Crippen LogP contribution in [0.4, 0.5) is 0 Å². The fourth-order valence-electron chi connectivity index (χ4n) is 2.07. The van der Waals surface area contributed by atoms with E-state index in [1.165, 1.54) is 0 Å². The zero-order chi connectivity index (χ0) is 19.1. The van der Waals surface area contributed by atoms with Crippen LogP contribution in [0, 0.1) is 0 Å². The molecule has 0 unspecified atom stereocenters. The maximum absolute atomic E-state index is 11.4. The Morgan fingerprint density at radius 1 is 0.808 bits per heavy atom. The van der Waals surface area contributed by atoms with Gasteiger partial charge in [0, 0.05) is 13.0 Å². The summed E-state index contributed by atoms with van der Waals surface area (Å²) in [7, 11) is 1.84. The lowest BCUT2D eigenvalue weighted by molar-refractivity contribution is -0.143. The number of carbonyl (C=O) groups excluding carboxylic acids is 1. The van der Waals surface area contributed by atoms with Gasteiger partial charge < -0.3 is 10.1 Å². The van der Waals surface area contributed by atoms with Crippen LogP contribution in [0.3, 0.4) is 0 Å². The Labute approximate surface area is 160 Å². The minimum Gasteiger partial charge on any atom is -0.464 e. The summed E-state index contributed by atoms with van der Waals surface area (Å²) in [5, 5.41) is 2.94. The van der Waals surface area contributed by atoms with Crippen molar-refractivity contribution < 1.29 is 9.53 Å². The third-order valence-electron chi connectivity index (χ3n) is 3.52. The highest BCUT2D eigenvalue weighted by Crippen LogP contribution is 2.00. The molecule has 0 saturated heterocycles. The highest BCUT2D eigenvalue weighted by Gasteiger charge is 2.00. The molecule has 0 rings (SSSR count). The Morgan fingerprint density at radius 3 is 1.81 bits per heavy atom. The van der Waals surface area contributed by atoms with Crippen LogP contribution in [0.5, 0.6) is 0 Å². The third-order valence-corrected chi connectivity index (χ3v) is 3.52. The van der Waals surface area contributed by atoms with E-state index in [4.69, 9.17) is 4.74 Å². The van der Waals surface area contributed by atoms with Crippen LogP contribution in [0.25, 0.3) is 0 Å². The van der Waals surface area contributed by atoms with Gasteiger partial charge in [-0.2, -0.15) is 0 Å². The molecular weight excluding hydrogens is 322 g/mol. The van der Waals surface area contributed by atoms with E-state index in [2.05, 4.69) is 73.0 Å². The Morgan fingerprint density at radius 2 is 1.31 bits per heavy atom. The van der Waals surface area contributed by atoms with E-state index in [1.807, 2.05) is 7.05 Å². The van der Waals surface area contributed by atoms with E-state index in [0.717, 1.165) is 44.9 Å². The second kappa shape index (κ2) is 21.2. The summed E-state index contributed by atoms with van der Waals surface area (Å²) in [4.78, 5) is 11.4.